The smallest absolute Gasteiger partial charge is 0.338 e. The fourth-order valence-electron chi connectivity index (χ4n) is 2.66. The third-order valence-corrected chi connectivity index (χ3v) is 3.99. The van der Waals surface area contributed by atoms with E-state index < -0.39 is 11.9 Å². The molecule has 0 aliphatic heterocycles. The van der Waals surface area contributed by atoms with Crippen LogP contribution in [0.15, 0.2) is 85.5 Å². The minimum Gasteiger partial charge on any atom is -0.423 e. The van der Waals surface area contributed by atoms with Crippen molar-refractivity contribution in [1.82, 2.24) is 0 Å². The number of esters is 2. The van der Waals surface area contributed by atoms with Crippen LogP contribution in [-0.4, -0.2) is 11.9 Å². The second kappa shape index (κ2) is 7.70. The van der Waals surface area contributed by atoms with Gasteiger partial charge in [-0.05, 0) is 41.6 Å². The molecule has 3 rings (SSSR count). The molecule has 0 fully saturated rings. The number of hydrogen-bond donors (Lipinski definition) is 0. The first-order valence-electron chi connectivity index (χ1n) is 8.33. The molecule has 3 aromatic rings. The summed E-state index contributed by atoms with van der Waals surface area (Å²) in [4.78, 5) is 23.2. The Labute approximate surface area is 157 Å². The third-order valence-electron chi connectivity index (χ3n) is 3.99. The van der Waals surface area contributed by atoms with Gasteiger partial charge in [-0.15, -0.1) is 0 Å². The summed E-state index contributed by atoms with van der Waals surface area (Å²) in [6, 6.07) is 18.5. The molecule has 0 spiro atoms. The van der Waals surface area contributed by atoms with E-state index in [1.165, 1.54) is 0 Å². The molecule has 0 N–H and O–H groups in total. The quantitative estimate of drug-likeness (QED) is 0.363. The molecule has 0 unspecified atom stereocenters. The van der Waals surface area contributed by atoms with Crippen LogP contribution in [0.25, 0.3) is 21.9 Å². The van der Waals surface area contributed by atoms with Crippen molar-refractivity contribution in [3.63, 3.8) is 0 Å². The Balaban J connectivity index is 2.01. The normalized spacial score (nSPS) is 10.3. The van der Waals surface area contributed by atoms with E-state index in [0.717, 1.165) is 28.0 Å². The molecular formula is C23H18O4. The highest BCUT2D eigenvalue weighted by Crippen LogP contribution is 2.35. The van der Waals surface area contributed by atoms with Crippen LogP contribution in [0, 0.1) is 0 Å². The van der Waals surface area contributed by atoms with Gasteiger partial charge in [0.1, 0.15) is 11.5 Å². The molecule has 0 aliphatic carbocycles. The summed E-state index contributed by atoms with van der Waals surface area (Å²) >= 11 is 0. The zero-order valence-corrected chi connectivity index (χ0v) is 14.9. The van der Waals surface area contributed by atoms with Crippen molar-refractivity contribution in [3.8, 4) is 22.6 Å². The number of benzene rings is 3. The average Bonchev–Trinajstić information content (AvgIpc) is 2.68. The molecule has 0 saturated carbocycles. The largest absolute Gasteiger partial charge is 0.423 e. The molecule has 134 valence electrons. The van der Waals surface area contributed by atoms with Gasteiger partial charge in [-0.25, -0.2) is 9.59 Å². The molecule has 0 aliphatic rings. The van der Waals surface area contributed by atoms with E-state index in [2.05, 4.69) is 13.2 Å². The topological polar surface area (TPSA) is 52.6 Å². The number of fused-ring (bicyclic) bond motifs is 1. The van der Waals surface area contributed by atoms with E-state index in [-0.39, 0.29) is 0 Å². The van der Waals surface area contributed by atoms with Gasteiger partial charge in [0, 0.05) is 17.0 Å². The number of ether oxygens (including phenoxy) is 2. The van der Waals surface area contributed by atoms with Crippen LogP contribution in [0.2, 0.25) is 0 Å². The molecule has 4 nitrogen and oxygen atoms in total. The van der Waals surface area contributed by atoms with Crippen molar-refractivity contribution in [2.45, 2.75) is 6.92 Å². The van der Waals surface area contributed by atoms with Crippen LogP contribution in [0.1, 0.15) is 6.92 Å². The van der Waals surface area contributed by atoms with Crippen LogP contribution in [-0.2, 0) is 9.59 Å². The molecular weight excluding hydrogens is 340 g/mol. The predicted molar refractivity (Wildman–Crippen MR) is 106 cm³/mol. The Morgan fingerprint density at radius 2 is 1.56 bits per heavy atom. The van der Waals surface area contributed by atoms with Crippen molar-refractivity contribution >= 4 is 22.7 Å². The lowest BCUT2D eigenvalue weighted by molar-refractivity contribution is -0.130. The van der Waals surface area contributed by atoms with E-state index in [4.69, 9.17) is 9.47 Å². The van der Waals surface area contributed by atoms with Gasteiger partial charge in [0.2, 0.25) is 0 Å². The summed E-state index contributed by atoms with van der Waals surface area (Å²) in [7, 11) is 0. The first-order valence-corrected chi connectivity index (χ1v) is 8.33. The maximum atomic E-state index is 11.9. The SMILES string of the molecule is C=CC(=O)Oc1ccc(-c2ccc(OC(=O)C(=C)C)c3ccccc23)cc1. The highest BCUT2D eigenvalue weighted by Gasteiger charge is 2.12. The lowest BCUT2D eigenvalue weighted by Gasteiger charge is -2.12. The van der Waals surface area contributed by atoms with E-state index in [9.17, 15) is 9.59 Å². The van der Waals surface area contributed by atoms with Gasteiger partial charge >= 0.3 is 11.9 Å². The van der Waals surface area contributed by atoms with Crippen molar-refractivity contribution in [2.24, 2.45) is 0 Å². The van der Waals surface area contributed by atoms with Gasteiger partial charge < -0.3 is 9.47 Å². The summed E-state index contributed by atoms with van der Waals surface area (Å²) < 4.78 is 10.6. The van der Waals surface area contributed by atoms with Gasteiger partial charge in [0.05, 0.1) is 0 Å². The summed E-state index contributed by atoms with van der Waals surface area (Å²) in [5.41, 5.74) is 2.26. The van der Waals surface area contributed by atoms with Crippen molar-refractivity contribution in [2.75, 3.05) is 0 Å². The Morgan fingerprint density at radius 3 is 2.19 bits per heavy atom. The molecule has 0 atom stereocenters. The second-order valence-corrected chi connectivity index (χ2v) is 5.98. The number of carbonyl (C=O) groups is 2. The molecule has 0 saturated heterocycles. The number of carbonyl (C=O) groups excluding carboxylic acids is 2. The molecule has 0 bridgehead atoms. The minimum absolute atomic E-state index is 0.341. The molecule has 0 aromatic heterocycles. The van der Waals surface area contributed by atoms with Gasteiger partial charge in [0.15, 0.2) is 0 Å². The molecule has 0 heterocycles. The molecule has 3 aromatic carbocycles. The highest BCUT2D eigenvalue weighted by molar-refractivity contribution is 6.02. The molecule has 4 heteroatoms. The summed E-state index contributed by atoms with van der Waals surface area (Å²) in [5, 5.41) is 1.77. The first-order chi connectivity index (χ1) is 13.0. The fourth-order valence-corrected chi connectivity index (χ4v) is 2.66. The van der Waals surface area contributed by atoms with Crippen molar-refractivity contribution in [3.05, 3.63) is 85.5 Å². The van der Waals surface area contributed by atoms with E-state index in [1.807, 2.05) is 42.5 Å². The standard InChI is InChI=1S/C23H18O4/c1-4-22(24)26-17-11-9-16(10-12-17)18-13-14-21(27-23(25)15(2)3)20-8-6-5-7-19(18)20/h4-14H,1-2H2,3H3. The molecule has 0 amide bonds. The Hall–Kier alpha value is -3.66. The van der Waals surface area contributed by atoms with Crippen molar-refractivity contribution in [1.29, 1.82) is 0 Å². The predicted octanol–water partition coefficient (Wildman–Crippen LogP) is 5.08. The highest BCUT2D eigenvalue weighted by atomic mass is 16.5. The van der Waals surface area contributed by atoms with E-state index >= 15 is 0 Å². The fraction of sp³-hybridized carbons (Fsp3) is 0.0435. The Bertz CT molecular complexity index is 1050. The van der Waals surface area contributed by atoms with Crippen LogP contribution in [0.4, 0.5) is 0 Å². The summed E-state index contributed by atoms with van der Waals surface area (Å²) in [6.07, 6.45) is 1.12. The zero-order chi connectivity index (χ0) is 19.4. The average molecular weight is 358 g/mol. The Kier molecular flexibility index (Phi) is 5.18. The second-order valence-electron chi connectivity index (χ2n) is 5.98. The minimum atomic E-state index is -0.503. The van der Waals surface area contributed by atoms with Crippen molar-refractivity contribution < 1.29 is 19.1 Å². The van der Waals surface area contributed by atoms with Gasteiger partial charge in [0.25, 0.3) is 0 Å². The monoisotopic (exact) mass is 358 g/mol. The van der Waals surface area contributed by atoms with E-state index in [0.29, 0.717) is 17.1 Å². The van der Waals surface area contributed by atoms with Gasteiger partial charge in [-0.2, -0.15) is 0 Å². The maximum Gasteiger partial charge on any atom is 0.338 e. The third kappa shape index (κ3) is 3.96. The summed E-state index contributed by atoms with van der Waals surface area (Å²) in [5.74, 6) is -0.0305. The van der Waals surface area contributed by atoms with Crippen LogP contribution >= 0.6 is 0 Å². The lowest BCUT2D eigenvalue weighted by atomic mass is 9.97. The van der Waals surface area contributed by atoms with Crippen LogP contribution in [0.5, 0.6) is 11.5 Å². The Morgan fingerprint density at radius 1 is 0.889 bits per heavy atom. The van der Waals surface area contributed by atoms with Crippen LogP contribution in [0.3, 0.4) is 0 Å². The number of hydrogen-bond acceptors (Lipinski definition) is 4. The van der Waals surface area contributed by atoms with Crippen LogP contribution < -0.4 is 9.47 Å². The summed E-state index contributed by atoms with van der Waals surface area (Å²) in [6.45, 7) is 8.61. The maximum absolute atomic E-state index is 11.9. The van der Waals surface area contributed by atoms with E-state index in [1.54, 1.807) is 25.1 Å². The number of rotatable bonds is 5. The molecule has 27 heavy (non-hydrogen) atoms. The first kappa shape index (κ1) is 18.1. The van der Waals surface area contributed by atoms with Gasteiger partial charge in [-0.1, -0.05) is 55.6 Å². The lowest BCUT2D eigenvalue weighted by Crippen LogP contribution is -2.08. The van der Waals surface area contributed by atoms with Gasteiger partial charge in [-0.3, -0.25) is 0 Å². The zero-order valence-electron chi connectivity index (χ0n) is 14.9. The molecule has 0 radical (unpaired) electrons.